The summed E-state index contributed by atoms with van der Waals surface area (Å²) in [5.41, 5.74) is -0.837. The normalized spacial score (nSPS) is 13.2. The van der Waals surface area contributed by atoms with Crippen LogP contribution in [0.4, 0.5) is 18.0 Å². The van der Waals surface area contributed by atoms with Gasteiger partial charge in [0.2, 0.25) is 0 Å². The van der Waals surface area contributed by atoms with Gasteiger partial charge in [-0.3, -0.25) is 0 Å². The summed E-state index contributed by atoms with van der Waals surface area (Å²) in [5.74, 6) is 0. The van der Waals surface area contributed by atoms with Gasteiger partial charge in [0.25, 0.3) is 0 Å². The topological polar surface area (TPSA) is 103 Å². The minimum absolute atomic E-state index is 0.0546. The third-order valence-corrected chi connectivity index (χ3v) is 4.04. The maximum Gasteiger partial charge on any atom is 0.416 e. The molecule has 0 aliphatic heterocycles. The number of carbonyl (C=O) groups is 1. The molecule has 0 saturated heterocycles. The van der Waals surface area contributed by atoms with Crippen LogP contribution in [-0.2, 0) is 17.5 Å². The van der Waals surface area contributed by atoms with E-state index in [1.54, 1.807) is 30.3 Å². The molecule has 3 N–H and O–H groups in total. The van der Waals surface area contributed by atoms with Crippen molar-refractivity contribution in [3.63, 3.8) is 0 Å². The Labute approximate surface area is 165 Å². The van der Waals surface area contributed by atoms with Crippen LogP contribution in [0.1, 0.15) is 34.8 Å². The molecule has 1 amide bonds. The SMILES string of the molecule is N#Cc1cc(C(O)C(O)CCNC(=O)OCc2ccccc2)cc(C(F)(F)F)c1. The predicted octanol–water partition coefficient (Wildman–Crippen LogP) is 3.29. The van der Waals surface area contributed by atoms with Gasteiger partial charge >= 0.3 is 12.3 Å². The molecule has 0 heterocycles. The van der Waals surface area contributed by atoms with E-state index in [0.29, 0.717) is 12.1 Å². The minimum Gasteiger partial charge on any atom is -0.445 e. The van der Waals surface area contributed by atoms with Crippen molar-refractivity contribution in [1.29, 1.82) is 5.26 Å². The fraction of sp³-hybridized carbons (Fsp3) is 0.300. The van der Waals surface area contributed by atoms with Crippen LogP contribution in [0.25, 0.3) is 0 Å². The van der Waals surface area contributed by atoms with E-state index >= 15 is 0 Å². The highest BCUT2D eigenvalue weighted by molar-refractivity contribution is 5.67. The van der Waals surface area contributed by atoms with Gasteiger partial charge in [-0.2, -0.15) is 18.4 Å². The molecule has 0 radical (unpaired) electrons. The maximum atomic E-state index is 12.9. The van der Waals surface area contributed by atoms with Crippen molar-refractivity contribution in [2.45, 2.75) is 31.4 Å². The number of ether oxygens (including phenoxy) is 1. The van der Waals surface area contributed by atoms with E-state index in [2.05, 4.69) is 5.32 Å². The molecule has 0 bridgehead atoms. The lowest BCUT2D eigenvalue weighted by Gasteiger charge is -2.20. The molecule has 0 aliphatic rings. The Morgan fingerprint density at radius 2 is 1.86 bits per heavy atom. The molecule has 2 aromatic carbocycles. The molecular weight excluding hydrogens is 389 g/mol. The van der Waals surface area contributed by atoms with Crippen molar-refractivity contribution in [2.75, 3.05) is 6.54 Å². The van der Waals surface area contributed by atoms with Crippen molar-refractivity contribution in [3.05, 3.63) is 70.8 Å². The van der Waals surface area contributed by atoms with Gasteiger partial charge in [0.05, 0.1) is 23.3 Å². The number of alkyl carbamates (subject to hydrolysis) is 1. The van der Waals surface area contributed by atoms with E-state index in [0.717, 1.165) is 11.6 Å². The molecule has 6 nitrogen and oxygen atoms in total. The van der Waals surface area contributed by atoms with Gasteiger partial charge in [-0.05, 0) is 35.7 Å². The second-order valence-electron chi connectivity index (χ2n) is 6.24. The molecule has 2 atom stereocenters. The second-order valence-corrected chi connectivity index (χ2v) is 6.24. The highest BCUT2D eigenvalue weighted by atomic mass is 19.4. The van der Waals surface area contributed by atoms with Crippen LogP contribution in [0.15, 0.2) is 48.5 Å². The molecule has 2 unspecified atom stereocenters. The molecule has 0 saturated carbocycles. The number of amides is 1. The largest absolute Gasteiger partial charge is 0.445 e. The Hall–Kier alpha value is -3.09. The first-order valence-electron chi connectivity index (χ1n) is 8.63. The van der Waals surface area contributed by atoms with Crippen molar-refractivity contribution in [1.82, 2.24) is 5.32 Å². The zero-order valence-electron chi connectivity index (χ0n) is 15.2. The summed E-state index contributed by atoms with van der Waals surface area (Å²) in [6, 6.07) is 13.0. The summed E-state index contributed by atoms with van der Waals surface area (Å²) in [5, 5.41) is 31.5. The number of alkyl halides is 3. The lowest BCUT2D eigenvalue weighted by molar-refractivity contribution is -0.137. The third-order valence-electron chi connectivity index (χ3n) is 4.04. The van der Waals surface area contributed by atoms with Crippen molar-refractivity contribution in [2.24, 2.45) is 0 Å². The maximum absolute atomic E-state index is 12.9. The Morgan fingerprint density at radius 1 is 1.17 bits per heavy atom. The summed E-state index contributed by atoms with van der Waals surface area (Å²) < 4.78 is 43.7. The molecule has 154 valence electrons. The highest BCUT2D eigenvalue weighted by Gasteiger charge is 2.32. The fourth-order valence-corrected chi connectivity index (χ4v) is 2.53. The molecule has 0 spiro atoms. The van der Waals surface area contributed by atoms with E-state index in [1.807, 2.05) is 6.07 Å². The first-order valence-corrected chi connectivity index (χ1v) is 8.63. The van der Waals surface area contributed by atoms with Crippen LogP contribution >= 0.6 is 0 Å². The molecule has 0 aromatic heterocycles. The third kappa shape index (κ3) is 6.78. The van der Waals surface area contributed by atoms with Crippen molar-refractivity contribution >= 4 is 6.09 Å². The van der Waals surface area contributed by atoms with Crippen molar-refractivity contribution in [3.8, 4) is 6.07 Å². The monoisotopic (exact) mass is 408 g/mol. The van der Waals surface area contributed by atoms with Gasteiger partial charge in [-0.1, -0.05) is 30.3 Å². The minimum atomic E-state index is -4.70. The Kier molecular flexibility index (Phi) is 7.59. The molecule has 9 heteroatoms. The molecule has 29 heavy (non-hydrogen) atoms. The van der Waals surface area contributed by atoms with Gasteiger partial charge in [0, 0.05) is 6.54 Å². The van der Waals surface area contributed by atoms with Gasteiger partial charge < -0.3 is 20.3 Å². The van der Waals surface area contributed by atoms with E-state index < -0.39 is 30.0 Å². The molecule has 2 aromatic rings. The van der Waals surface area contributed by atoms with Crippen LogP contribution in [-0.4, -0.2) is 29.0 Å². The van der Waals surface area contributed by atoms with E-state index in [9.17, 15) is 28.2 Å². The zero-order valence-corrected chi connectivity index (χ0v) is 15.2. The predicted molar refractivity (Wildman–Crippen MR) is 96.4 cm³/mol. The number of aliphatic hydroxyl groups is 2. The first kappa shape index (κ1) is 22.2. The van der Waals surface area contributed by atoms with Gasteiger partial charge in [0.1, 0.15) is 12.7 Å². The standard InChI is InChI=1S/C20H19F3N2O4/c21-20(22,23)16-9-14(11-24)8-15(10-16)18(27)17(26)6-7-25-19(28)29-12-13-4-2-1-3-5-13/h1-5,8-10,17-18,26-27H,6-7,12H2,(H,25,28). The Morgan fingerprint density at radius 3 is 2.48 bits per heavy atom. The highest BCUT2D eigenvalue weighted by Crippen LogP contribution is 2.32. The van der Waals surface area contributed by atoms with Gasteiger partial charge in [0.15, 0.2) is 0 Å². The summed E-state index contributed by atoms with van der Waals surface area (Å²) in [6.45, 7) is -0.0189. The molecule has 0 fully saturated rings. The van der Waals surface area contributed by atoms with E-state index in [1.165, 1.54) is 0 Å². The van der Waals surface area contributed by atoms with Gasteiger partial charge in [-0.15, -0.1) is 0 Å². The Balaban J connectivity index is 1.88. The number of carbonyl (C=O) groups excluding carboxylic acids is 1. The smallest absolute Gasteiger partial charge is 0.416 e. The van der Waals surface area contributed by atoms with Crippen LogP contribution < -0.4 is 5.32 Å². The fourth-order valence-electron chi connectivity index (χ4n) is 2.53. The quantitative estimate of drug-likeness (QED) is 0.653. The van der Waals surface area contributed by atoms with E-state index in [4.69, 9.17) is 10.00 Å². The number of rotatable bonds is 7. The number of benzene rings is 2. The summed E-state index contributed by atoms with van der Waals surface area (Å²) in [6.07, 6.45) is -8.69. The number of halogens is 3. The van der Waals surface area contributed by atoms with Crippen molar-refractivity contribution < 1.29 is 32.9 Å². The van der Waals surface area contributed by atoms with Crippen LogP contribution in [0.5, 0.6) is 0 Å². The average molecular weight is 408 g/mol. The lowest BCUT2D eigenvalue weighted by atomic mass is 9.97. The Bertz CT molecular complexity index is 866. The molecule has 0 aliphatic carbocycles. The summed E-state index contributed by atoms with van der Waals surface area (Å²) >= 11 is 0. The number of hydrogen-bond donors (Lipinski definition) is 3. The van der Waals surface area contributed by atoms with E-state index in [-0.39, 0.29) is 30.7 Å². The summed E-state index contributed by atoms with van der Waals surface area (Å²) in [4.78, 5) is 11.6. The molecular formula is C20H19F3N2O4. The van der Waals surface area contributed by atoms with Crippen LogP contribution in [0.3, 0.4) is 0 Å². The molecule has 2 rings (SSSR count). The van der Waals surface area contributed by atoms with Crippen LogP contribution in [0.2, 0.25) is 0 Å². The van der Waals surface area contributed by atoms with Crippen LogP contribution in [0, 0.1) is 11.3 Å². The zero-order chi connectivity index (χ0) is 21.4. The second kappa shape index (κ2) is 9.91. The number of aliphatic hydroxyl groups excluding tert-OH is 2. The number of nitrogens with one attached hydrogen (secondary N) is 1. The number of nitriles is 1. The average Bonchev–Trinajstić information content (AvgIpc) is 2.71. The number of nitrogens with zero attached hydrogens (tertiary/aromatic N) is 1. The lowest BCUT2D eigenvalue weighted by Crippen LogP contribution is -2.30. The summed E-state index contributed by atoms with van der Waals surface area (Å²) in [7, 11) is 0. The first-order chi connectivity index (χ1) is 13.7. The van der Waals surface area contributed by atoms with Gasteiger partial charge in [-0.25, -0.2) is 4.79 Å². The number of hydrogen-bond acceptors (Lipinski definition) is 5.